The van der Waals surface area contributed by atoms with E-state index < -0.39 is 0 Å². The number of benzene rings is 2. The van der Waals surface area contributed by atoms with Gasteiger partial charge in [-0.1, -0.05) is 17.7 Å². The molecule has 0 aromatic heterocycles. The molecule has 1 N–H and O–H groups in total. The summed E-state index contributed by atoms with van der Waals surface area (Å²) in [6, 6.07) is 9.80. The third-order valence-electron chi connectivity index (χ3n) is 4.00. The maximum absolute atomic E-state index is 13.5. The van der Waals surface area contributed by atoms with Gasteiger partial charge in [0.05, 0.1) is 0 Å². The molecule has 3 rings (SSSR count). The summed E-state index contributed by atoms with van der Waals surface area (Å²) >= 11 is 6.18. The molecular weight excluding hydrogens is 285 g/mol. The summed E-state index contributed by atoms with van der Waals surface area (Å²) in [6.45, 7) is 4.72. The molecule has 2 aromatic rings. The van der Waals surface area contributed by atoms with Crippen molar-refractivity contribution in [2.75, 3.05) is 0 Å². The van der Waals surface area contributed by atoms with Crippen molar-refractivity contribution in [3.8, 4) is 11.1 Å². The van der Waals surface area contributed by atoms with Gasteiger partial charge in [-0.3, -0.25) is 0 Å². The molecule has 0 aliphatic heterocycles. The van der Waals surface area contributed by atoms with Crippen molar-refractivity contribution in [2.45, 2.75) is 39.3 Å². The summed E-state index contributed by atoms with van der Waals surface area (Å²) in [6.07, 6.45) is 2.52. The number of rotatable bonds is 4. The van der Waals surface area contributed by atoms with E-state index in [1.165, 1.54) is 18.4 Å². The Balaban J connectivity index is 2.05. The van der Waals surface area contributed by atoms with Crippen LogP contribution < -0.4 is 5.32 Å². The summed E-state index contributed by atoms with van der Waals surface area (Å²) in [5.41, 5.74) is 5.30. The second kappa shape index (κ2) is 5.78. The molecule has 1 saturated carbocycles. The normalized spacial score (nSPS) is 14.5. The molecule has 0 unspecified atom stereocenters. The Morgan fingerprint density at radius 2 is 1.81 bits per heavy atom. The minimum atomic E-state index is -0.187. The third-order valence-corrected chi connectivity index (χ3v) is 4.23. The Morgan fingerprint density at radius 1 is 1.14 bits per heavy atom. The SMILES string of the molecule is Cc1cc(F)cc(C)c1-c1cc(Cl)ccc1CNC1CC1. The topological polar surface area (TPSA) is 12.0 Å². The van der Waals surface area contributed by atoms with Crippen molar-refractivity contribution in [3.63, 3.8) is 0 Å². The van der Waals surface area contributed by atoms with Gasteiger partial charge in [-0.15, -0.1) is 0 Å². The molecule has 3 heteroatoms. The zero-order chi connectivity index (χ0) is 15.0. The predicted octanol–water partition coefficient (Wildman–Crippen LogP) is 5.01. The van der Waals surface area contributed by atoms with Crippen molar-refractivity contribution < 1.29 is 4.39 Å². The standard InChI is InChI=1S/C18H19ClFN/c1-11-7-15(20)8-12(2)18(11)17-9-14(19)4-3-13(17)10-21-16-5-6-16/h3-4,7-9,16,21H,5-6,10H2,1-2H3. The summed E-state index contributed by atoms with van der Waals surface area (Å²) in [7, 11) is 0. The van der Waals surface area contributed by atoms with Gasteiger partial charge >= 0.3 is 0 Å². The first-order valence-corrected chi connectivity index (χ1v) is 7.71. The Labute approximate surface area is 130 Å². The second-order valence-electron chi connectivity index (χ2n) is 5.87. The van der Waals surface area contributed by atoms with E-state index in [1.54, 1.807) is 12.1 Å². The van der Waals surface area contributed by atoms with Gasteiger partial charge in [-0.25, -0.2) is 4.39 Å². The molecule has 1 fully saturated rings. The molecular formula is C18H19ClFN. The van der Waals surface area contributed by atoms with E-state index in [-0.39, 0.29) is 5.82 Å². The first-order chi connectivity index (χ1) is 10.0. The van der Waals surface area contributed by atoms with Crippen LogP contribution >= 0.6 is 11.6 Å². The van der Waals surface area contributed by atoms with E-state index in [9.17, 15) is 4.39 Å². The highest BCUT2D eigenvalue weighted by molar-refractivity contribution is 6.30. The Bertz CT molecular complexity index is 654. The van der Waals surface area contributed by atoms with Gasteiger partial charge < -0.3 is 5.32 Å². The van der Waals surface area contributed by atoms with Crippen LogP contribution in [0.5, 0.6) is 0 Å². The first-order valence-electron chi connectivity index (χ1n) is 7.33. The molecule has 110 valence electrons. The van der Waals surface area contributed by atoms with Crippen LogP contribution in [0.2, 0.25) is 5.02 Å². The highest BCUT2D eigenvalue weighted by atomic mass is 35.5. The van der Waals surface area contributed by atoms with E-state index in [2.05, 4.69) is 11.4 Å². The number of aryl methyl sites for hydroxylation is 2. The zero-order valence-electron chi connectivity index (χ0n) is 12.3. The fourth-order valence-corrected chi connectivity index (χ4v) is 2.98. The lowest BCUT2D eigenvalue weighted by atomic mass is 9.92. The Kier molecular flexibility index (Phi) is 4.01. The van der Waals surface area contributed by atoms with Crippen molar-refractivity contribution >= 4 is 11.6 Å². The lowest BCUT2D eigenvalue weighted by molar-refractivity contribution is 0.625. The van der Waals surface area contributed by atoms with Crippen LogP contribution in [0.4, 0.5) is 4.39 Å². The van der Waals surface area contributed by atoms with E-state index in [0.29, 0.717) is 11.1 Å². The minimum Gasteiger partial charge on any atom is -0.310 e. The van der Waals surface area contributed by atoms with Crippen LogP contribution in [-0.4, -0.2) is 6.04 Å². The van der Waals surface area contributed by atoms with E-state index in [1.807, 2.05) is 26.0 Å². The molecule has 1 aliphatic carbocycles. The zero-order valence-corrected chi connectivity index (χ0v) is 13.1. The summed E-state index contributed by atoms with van der Waals surface area (Å²) in [4.78, 5) is 0. The Hall–Kier alpha value is -1.38. The van der Waals surface area contributed by atoms with Crippen molar-refractivity contribution in [2.24, 2.45) is 0 Å². The van der Waals surface area contributed by atoms with Crippen LogP contribution in [0.25, 0.3) is 11.1 Å². The molecule has 0 atom stereocenters. The van der Waals surface area contributed by atoms with Gasteiger partial charge in [0.2, 0.25) is 0 Å². The molecule has 1 nitrogen and oxygen atoms in total. The van der Waals surface area contributed by atoms with Gasteiger partial charge in [0.15, 0.2) is 0 Å². The molecule has 0 spiro atoms. The lowest BCUT2D eigenvalue weighted by Crippen LogP contribution is -2.16. The number of hydrogen-bond acceptors (Lipinski definition) is 1. The average Bonchev–Trinajstić information content (AvgIpc) is 3.20. The van der Waals surface area contributed by atoms with Crippen LogP contribution in [0, 0.1) is 19.7 Å². The molecule has 0 saturated heterocycles. The van der Waals surface area contributed by atoms with Crippen molar-refractivity contribution in [3.05, 3.63) is 57.9 Å². The highest BCUT2D eigenvalue weighted by Gasteiger charge is 2.21. The molecule has 1 aliphatic rings. The van der Waals surface area contributed by atoms with E-state index in [0.717, 1.165) is 28.8 Å². The highest BCUT2D eigenvalue weighted by Crippen LogP contribution is 2.33. The molecule has 0 heterocycles. The van der Waals surface area contributed by atoms with Gasteiger partial charge in [-0.05, 0) is 78.8 Å². The molecule has 0 radical (unpaired) electrons. The molecule has 0 amide bonds. The third kappa shape index (κ3) is 3.28. The van der Waals surface area contributed by atoms with E-state index >= 15 is 0 Å². The maximum Gasteiger partial charge on any atom is 0.123 e. The molecule has 21 heavy (non-hydrogen) atoms. The second-order valence-corrected chi connectivity index (χ2v) is 6.31. The maximum atomic E-state index is 13.5. The van der Waals surface area contributed by atoms with Gasteiger partial charge in [0.25, 0.3) is 0 Å². The van der Waals surface area contributed by atoms with Gasteiger partial charge in [-0.2, -0.15) is 0 Å². The smallest absolute Gasteiger partial charge is 0.123 e. The molecule has 0 bridgehead atoms. The van der Waals surface area contributed by atoms with Gasteiger partial charge in [0, 0.05) is 17.6 Å². The summed E-state index contributed by atoms with van der Waals surface area (Å²) in [5, 5.41) is 4.25. The monoisotopic (exact) mass is 303 g/mol. The fourth-order valence-electron chi connectivity index (χ4n) is 2.81. The Morgan fingerprint density at radius 3 is 2.43 bits per heavy atom. The first kappa shape index (κ1) is 14.6. The van der Waals surface area contributed by atoms with E-state index in [4.69, 9.17) is 11.6 Å². The van der Waals surface area contributed by atoms with Crippen LogP contribution in [0.3, 0.4) is 0 Å². The quantitative estimate of drug-likeness (QED) is 0.836. The molecule has 2 aromatic carbocycles. The summed E-state index contributed by atoms with van der Waals surface area (Å²) in [5.74, 6) is -0.187. The number of halogens is 2. The average molecular weight is 304 g/mol. The van der Waals surface area contributed by atoms with Crippen LogP contribution in [-0.2, 0) is 6.54 Å². The van der Waals surface area contributed by atoms with Crippen molar-refractivity contribution in [1.82, 2.24) is 5.32 Å². The van der Waals surface area contributed by atoms with Crippen LogP contribution in [0.1, 0.15) is 29.5 Å². The lowest BCUT2D eigenvalue weighted by Gasteiger charge is -2.16. The summed E-state index contributed by atoms with van der Waals surface area (Å²) < 4.78 is 13.5. The largest absolute Gasteiger partial charge is 0.310 e. The number of nitrogens with one attached hydrogen (secondary N) is 1. The fraction of sp³-hybridized carbons (Fsp3) is 0.333. The minimum absolute atomic E-state index is 0.187. The van der Waals surface area contributed by atoms with Gasteiger partial charge in [0.1, 0.15) is 5.82 Å². The van der Waals surface area contributed by atoms with Crippen molar-refractivity contribution in [1.29, 1.82) is 0 Å². The van der Waals surface area contributed by atoms with Crippen LogP contribution in [0.15, 0.2) is 30.3 Å². The number of hydrogen-bond donors (Lipinski definition) is 1. The predicted molar refractivity (Wildman–Crippen MR) is 86.2 cm³/mol.